The Labute approximate surface area is 178 Å². The van der Waals surface area contributed by atoms with Gasteiger partial charge in [-0.1, -0.05) is 35.9 Å². The van der Waals surface area contributed by atoms with Gasteiger partial charge in [-0.15, -0.1) is 0 Å². The quantitative estimate of drug-likeness (QED) is 0.729. The minimum Gasteiger partial charge on any atom is -0.495 e. The van der Waals surface area contributed by atoms with Crippen LogP contribution in [0.25, 0.3) is 0 Å². The van der Waals surface area contributed by atoms with E-state index in [1.165, 1.54) is 16.7 Å². The third kappa shape index (κ3) is 4.40. The number of hydrogen-bond donors (Lipinski definition) is 2. The van der Waals surface area contributed by atoms with Crippen molar-refractivity contribution in [2.75, 3.05) is 20.3 Å². The summed E-state index contributed by atoms with van der Waals surface area (Å²) in [7, 11) is 1.61. The van der Waals surface area contributed by atoms with Crippen molar-refractivity contribution in [2.24, 2.45) is 11.7 Å². The van der Waals surface area contributed by atoms with Gasteiger partial charge in [0, 0.05) is 5.54 Å². The lowest BCUT2D eigenvalue weighted by atomic mass is 9.82. The van der Waals surface area contributed by atoms with Crippen LogP contribution in [0.2, 0.25) is 5.02 Å². The molecular weight excluding hydrogens is 386 g/mol. The van der Waals surface area contributed by atoms with Crippen molar-refractivity contribution < 1.29 is 14.6 Å². The average molecular weight is 416 g/mol. The Bertz CT molecular complexity index is 871. The summed E-state index contributed by atoms with van der Waals surface area (Å²) < 4.78 is 11.3. The van der Waals surface area contributed by atoms with Gasteiger partial charge in [0.25, 0.3) is 0 Å². The van der Waals surface area contributed by atoms with Crippen LogP contribution in [0, 0.1) is 5.92 Å². The minimum absolute atomic E-state index is 0.0768. The van der Waals surface area contributed by atoms with E-state index in [9.17, 15) is 5.11 Å². The summed E-state index contributed by atoms with van der Waals surface area (Å²) in [6.45, 7) is 0.732. The van der Waals surface area contributed by atoms with Gasteiger partial charge in [-0.05, 0) is 79.2 Å². The molecule has 5 heteroatoms. The summed E-state index contributed by atoms with van der Waals surface area (Å²) in [6, 6.07) is 12.5. The molecule has 2 aromatic carbocycles. The second-order valence-electron chi connectivity index (χ2n) is 8.68. The number of aliphatic hydroxyl groups excluding tert-OH is 1. The molecule has 29 heavy (non-hydrogen) atoms. The number of aryl methyl sites for hydroxylation is 1. The first kappa shape index (κ1) is 20.5. The van der Waals surface area contributed by atoms with Crippen LogP contribution in [0.15, 0.2) is 36.4 Å². The normalized spacial score (nSPS) is 26.2. The first-order valence-corrected chi connectivity index (χ1v) is 10.9. The van der Waals surface area contributed by atoms with E-state index in [0.717, 1.165) is 38.5 Å². The van der Waals surface area contributed by atoms with Gasteiger partial charge < -0.3 is 20.3 Å². The SMILES string of the molecule is COc1cccc(OC[C@@H]2CCc3cc([C@H]4CC[C@](N)(CO)C4)ccc3C2)c1Cl. The first-order valence-electron chi connectivity index (χ1n) is 10.5. The van der Waals surface area contributed by atoms with Crippen molar-refractivity contribution in [1.29, 1.82) is 0 Å². The largest absolute Gasteiger partial charge is 0.495 e. The van der Waals surface area contributed by atoms with Crippen molar-refractivity contribution >= 4 is 11.6 Å². The molecule has 3 N–H and O–H groups in total. The Morgan fingerprint density at radius 3 is 2.76 bits per heavy atom. The molecule has 0 amide bonds. The van der Waals surface area contributed by atoms with Gasteiger partial charge in [0.05, 0.1) is 20.3 Å². The molecule has 0 aromatic heterocycles. The number of ether oxygens (including phenoxy) is 2. The molecule has 4 rings (SSSR count). The molecule has 156 valence electrons. The van der Waals surface area contributed by atoms with E-state index in [1.807, 2.05) is 18.2 Å². The van der Waals surface area contributed by atoms with E-state index in [2.05, 4.69) is 18.2 Å². The number of aliphatic hydroxyl groups is 1. The van der Waals surface area contributed by atoms with Crippen LogP contribution in [0.1, 0.15) is 48.3 Å². The Morgan fingerprint density at radius 2 is 2.00 bits per heavy atom. The van der Waals surface area contributed by atoms with Crippen LogP contribution in [0.5, 0.6) is 11.5 Å². The maximum atomic E-state index is 9.54. The van der Waals surface area contributed by atoms with Gasteiger partial charge in [-0.25, -0.2) is 0 Å². The predicted molar refractivity (Wildman–Crippen MR) is 116 cm³/mol. The highest BCUT2D eigenvalue weighted by atomic mass is 35.5. The van der Waals surface area contributed by atoms with Gasteiger partial charge in [-0.2, -0.15) is 0 Å². The van der Waals surface area contributed by atoms with Crippen LogP contribution in [0.3, 0.4) is 0 Å². The lowest BCUT2D eigenvalue weighted by molar-refractivity contribution is 0.198. The van der Waals surface area contributed by atoms with Gasteiger partial charge >= 0.3 is 0 Å². The second kappa shape index (κ2) is 8.55. The highest BCUT2D eigenvalue weighted by Crippen LogP contribution is 2.41. The molecule has 2 aliphatic carbocycles. The summed E-state index contributed by atoms with van der Waals surface area (Å²) in [6.07, 6.45) is 6.05. The lowest BCUT2D eigenvalue weighted by Gasteiger charge is -2.26. The maximum absolute atomic E-state index is 9.54. The number of nitrogens with two attached hydrogens (primary N) is 1. The number of rotatable bonds is 6. The molecule has 0 unspecified atom stereocenters. The summed E-state index contributed by atoms with van der Waals surface area (Å²) in [5, 5.41) is 10.1. The van der Waals surface area contributed by atoms with Crippen molar-refractivity contribution in [3.8, 4) is 11.5 Å². The minimum atomic E-state index is -0.398. The zero-order valence-corrected chi connectivity index (χ0v) is 17.8. The first-order chi connectivity index (χ1) is 14.0. The van der Waals surface area contributed by atoms with Gasteiger partial charge in [0.15, 0.2) is 0 Å². The Kier molecular flexibility index (Phi) is 6.05. The molecule has 0 saturated heterocycles. The molecule has 0 aliphatic heterocycles. The molecule has 0 radical (unpaired) electrons. The Balaban J connectivity index is 1.38. The molecule has 1 saturated carbocycles. The highest BCUT2D eigenvalue weighted by Gasteiger charge is 2.36. The summed E-state index contributed by atoms with van der Waals surface area (Å²) in [4.78, 5) is 0. The van der Waals surface area contributed by atoms with Crippen molar-refractivity contribution in [1.82, 2.24) is 0 Å². The van der Waals surface area contributed by atoms with Crippen LogP contribution in [-0.2, 0) is 12.8 Å². The fourth-order valence-corrected chi connectivity index (χ4v) is 5.06. The molecule has 1 fully saturated rings. The monoisotopic (exact) mass is 415 g/mol. The van der Waals surface area contributed by atoms with Crippen molar-refractivity contribution in [2.45, 2.75) is 50.0 Å². The van der Waals surface area contributed by atoms with Gasteiger partial charge in [0.2, 0.25) is 0 Å². The summed E-state index contributed by atoms with van der Waals surface area (Å²) in [5.41, 5.74) is 10.1. The van der Waals surface area contributed by atoms with Crippen molar-refractivity contribution in [3.05, 3.63) is 58.1 Å². The number of benzene rings is 2. The highest BCUT2D eigenvalue weighted by molar-refractivity contribution is 6.33. The zero-order chi connectivity index (χ0) is 20.4. The van der Waals surface area contributed by atoms with Crippen molar-refractivity contribution in [3.63, 3.8) is 0 Å². The van der Waals surface area contributed by atoms with Crippen LogP contribution in [-0.4, -0.2) is 31.0 Å². The van der Waals surface area contributed by atoms with E-state index in [1.54, 1.807) is 7.11 Å². The maximum Gasteiger partial charge on any atom is 0.141 e. The third-order valence-corrected chi connectivity index (χ3v) is 6.99. The zero-order valence-electron chi connectivity index (χ0n) is 17.0. The lowest BCUT2D eigenvalue weighted by Crippen LogP contribution is -2.40. The van der Waals surface area contributed by atoms with E-state index in [0.29, 0.717) is 35.0 Å². The van der Waals surface area contributed by atoms with Crippen LogP contribution >= 0.6 is 11.6 Å². The molecule has 2 aromatic rings. The predicted octanol–water partition coefficient (Wildman–Crippen LogP) is 4.49. The molecular formula is C24H30ClNO3. The number of hydrogen-bond acceptors (Lipinski definition) is 4. The fourth-order valence-electron chi connectivity index (χ4n) is 4.80. The number of halogens is 1. The second-order valence-corrected chi connectivity index (χ2v) is 9.06. The summed E-state index contributed by atoms with van der Waals surface area (Å²) in [5.74, 6) is 2.27. The van der Waals surface area contributed by atoms with Gasteiger partial charge in [-0.3, -0.25) is 0 Å². The fraction of sp³-hybridized carbons (Fsp3) is 0.500. The molecule has 0 spiro atoms. The molecule has 0 bridgehead atoms. The number of fused-ring (bicyclic) bond motifs is 1. The average Bonchev–Trinajstić information content (AvgIpc) is 3.15. The Hall–Kier alpha value is -1.75. The molecule has 4 nitrogen and oxygen atoms in total. The van der Waals surface area contributed by atoms with Crippen LogP contribution in [0.4, 0.5) is 0 Å². The van der Waals surface area contributed by atoms with E-state index >= 15 is 0 Å². The molecule has 0 heterocycles. The summed E-state index contributed by atoms with van der Waals surface area (Å²) >= 11 is 6.34. The van der Waals surface area contributed by atoms with E-state index < -0.39 is 5.54 Å². The third-order valence-electron chi connectivity index (χ3n) is 6.61. The molecule has 3 atom stereocenters. The number of methoxy groups -OCH3 is 1. The molecule has 2 aliphatic rings. The van der Waals surface area contributed by atoms with E-state index in [4.69, 9.17) is 26.8 Å². The van der Waals surface area contributed by atoms with E-state index in [-0.39, 0.29) is 6.61 Å². The standard InChI is InChI=1S/C24H30ClNO3/c1-28-21-3-2-4-22(23(21)25)29-14-16-5-6-18-12-19(8-7-17(18)11-16)20-9-10-24(26,13-20)15-27/h2-4,7-8,12,16,20,27H,5-6,9-11,13-15,26H2,1H3/t16-,20+,24-/m1/s1. The topological polar surface area (TPSA) is 64.7 Å². The van der Waals surface area contributed by atoms with Crippen LogP contribution < -0.4 is 15.2 Å². The van der Waals surface area contributed by atoms with Gasteiger partial charge in [0.1, 0.15) is 16.5 Å². The smallest absolute Gasteiger partial charge is 0.141 e. The Morgan fingerprint density at radius 1 is 1.17 bits per heavy atom.